The lowest BCUT2D eigenvalue weighted by molar-refractivity contribution is 0.0593. The molecule has 1 aromatic heterocycles. The molecule has 0 radical (unpaired) electrons. The van der Waals surface area contributed by atoms with Gasteiger partial charge in [0.1, 0.15) is 0 Å². The van der Waals surface area contributed by atoms with Crippen molar-refractivity contribution in [3.63, 3.8) is 0 Å². The van der Waals surface area contributed by atoms with E-state index in [4.69, 9.17) is 11.6 Å². The van der Waals surface area contributed by atoms with Gasteiger partial charge in [-0.15, -0.1) is 0 Å². The van der Waals surface area contributed by atoms with Crippen LogP contribution in [0, 0.1) is 5.82 Å². The van der Waals surface area contributed by atoms with Gasteiger partial charge in [-0.25, -0.2) is 22.9 Å². The molecule has 0 aliphatic heterocycles. The van der Waals surface area contributed by atoms with E-state index >= 15 is 0 Å². The van der Waals surface area contributed by atoms with Crippen molar-refractivity contribution in [1.29, 1.82) is 0 Å². The maximum Gasteiger partial charge on any atom is 0.358 e. The summed E-state index contributed by atoms with van der Waals surface area (Å²) in [6.07, 6.45) is -0.789. The van der Waals surface area contributed by atoms with Crippen molar-refractivity contribution >= 4 is 17.6 Å². The first-order valence-corrected chi connectivity index (χ1v) is 6.00. The van der Waals surface area contributed by atoms with Gasteiger partial charge in [0, 0.05) is 11.1 Å². The van der Waals surface area contributed by atoms with Crippen molar-refractivity contribution in [2.45, 2.75) is 6.43 Å². The zero-order valence-electron chi connectivity index (χ0n) is 10.6. The average Bonchev–Trinajstić information content (AvgIpc) is 2.48. The van der Waals surface area contributed by atoms with E-state index in [1.54, 1.807) is 0 Å². The smallest absolute Gasteiger partial charge is 0.358 e. The normalized spacial score (nSPS) is 10.8. The van der Waals surface area contributed by atoms with Crippen LogP contribution in [0.1, 0.15) is 22.5 Å². The average molecular weight is 317 g/mol. The zero-order valence-corrected chi connectivity index (χ0v) is 11.4. The third kappa shape index (κ3) is 2.97. The van der Waals surface area contributed by atoms with E-state index < -0.39 is 29.3 Å². The first-order valence-electron chi connectivity index (χ1n) is 5.62. The van der Waals surface area contributed by atoms with Gasteiger partial charge in [-0.05, 0) is 6.07 Å². The fourth-order valence-electron chi connectivity index (χ4n) is 1.70. The number of carbonyl (C=O) groups is 1. The highest BCUT2D eigenvalue weighted by molar-refractivity contribution is 6.31. The van der Waals surface area contributed by atoms with E-state index in [1.165, 1.54) is 0 Å². The molecule has 0 fully saturated rings. The van der Waals surface area contributed by atoms with Gasteiger partial charge < -0.3 is 4.74 Å². The maximum atomic E-state index is 14.1. The molecule has 0 saturated carbocycles. The van der Waals surface area contributed by atoms with Gasteiger partial charge in [0.05, 0.1) is 30.2 Å². The third-order valence-corrected chi connectivity index (χ3v) is 2.94. The van der Waals surface area contributed by atoms with E-state index in [1.807, 2.05) is 0 Å². The van der Waals surface area contributed by atoms with Gasteiger partial charge in [-0.2, -0.15) is 0 Å². The lowest BCUT2D eigenvalue weighted by atomic mass is 10.0. The second-order valence-corrected chi connectivity index (χ2v) is 4.31. The highest BCUT2D eigenvalue weighted by atomic mass is 35.5. The topological polar surface area (TPSA) is 52.1 Å². The second kappa shape index (κ2) is 6.09. The molecule has 0 spiro atoms. The molecule has 0 N–H and O–H groups in total. The highest BCUT2D eigenvalue weighted by Gasteiger charge is 2.22. The molecular formula is C13H8ClF3N2O2. The number of esters is 1. The van der Waals surface area contributed by atoms with Crippen molar-refractivity contribution in [3.8, 4) is 11.3 Å². The summed E-state index contributed by atoms with van der Waals surface area (Å²) in [7, 11) is 1.13. The molecule has 1 heterocycles. The summed E-state index contributed by atoms with van der Waals surface area (Å²) in [6.45, 7) is 0. The molecule has 21 heavy (non-hydrogen) atoms. The van der Waals surface area contributed by atoms with Crippen LogP contribution in [0.5, 0.6) is 0 Å². The number of rotatable bonds is 3. The van der Waals surface area contributed by atoms with Crippen LogP contribution < -0.4 is 0 Å². The van der Waals surface area contributed by atoms with Gasteiger partial charge in [-0.3, -0.25) is 4.98 Å². The predicted molar refractivity (Wildman–Crippen MR) is 68.7 cm³/mol. The Bertz CT molecular complexity index is 695. The second-order valence-electron chi connectivity index (χ2n) is 3.91. The van der Waals surface area contributed by atoms with Crippen molar-refractivity contribution in [3.05, 3.63) is 46.6 Å². The Morgan fingerprint density at radius 2 is 2.05 bits per heavy atom. The van der Waals surface area contributed by atoms with Crippen LogP contribution >= 0.6 is 11.6 Å². The van der Waals surface area contributed by atoms with Gasteiger partial charge in [0.15, 0.2) is 11.5 Å². The van der Waals surface area contributed by atoms with E-state index in [0.717, 1.165) is 31.6 Å². The summed E-state index contributed by atoms with van der Waals surface area (Å²) in [5.41, 5.74) is -1.54. The summed E-state index contributed by atoms with van der Waals surface area (Å²) in [5.74, 6) is -1.86. The minimum absolute atomic E-state index is 0.227. The summed E-state index contributed by atoms with van der Waals surface area (Å²) in [4.78, 5) is 18.8. The molecule has 4 nitrogen and oxygen atoms in total. The minimum Gasteiger partial charge on any atom is -0.464 e. The number of methoxy groups -OCH3 is 1. The Morgan fingerprint density at radius 1 is 1.33 bits per heavy atom. The number of halogens is 4. The molecule has 0 unspecified atom stereocenters. The van der Waals surface area contributed by atoms with Crippen LogP contribution in [0.4, 0.5) is 13.2 Å². The Kier molecular flexibility index (Phi) is 4.42. The Labute approximate surface area is 122 Å². The van der Waals surface area contributed by atoms with E-state index in [-0.39, 0.29) is 16.4 Å². The summed E-state index contributed by atoms with van der Waals surface area (Å²) >= 11 is 5.61. The van der Waals surface area contributed by atoms with Gasteiger partial charge in [-0.1, -0.05) is 17.7 Å². The van der Waals surface area contributed by atoms with Crippen LogP contribution in [-0.2, 0) is 4.74 Å². The van der Waals surface area contributed by atoms with Crippen LogP contribution in [0.25, 0.3) is 11.3 Å². The third-order valence-electron chi connectivity index (χ3n) is 2.65. The van der Waals surface area contributed by atoms with Gasteiger partial charge in [0.2, 0.25) is 0 Å². The summed E-state index contributed by atoms with van der Waals surface area (Å²) < 4.78 is 44.5. The number of aromatic nitrogens is 2. The summed E-state index contributed by atoms with van der Waals surface area (Å²) in [5, 5.41) is -0.334. The van der Waals surface area contributed by atoms with Gasteiger partial charge >= 0.3 is 5.97 Å². The molecule has 8 heteroatoms. The van der Waals surface area contributed by atoms with Crippen LogP contribution in [-0.4, -0.2) is 23.0 Å². The van der Waals surface area contributed by atoms with E-state index in [9.17, 15) is 18.0 Å². The molecule has 0 bridgehead atoms. The molecule has 0 aliphatic carbocycles. The molecule has 0 amide bonds. The van der Waals surface area contributed by atoms with E-state index in [2.05, 4.69) is 14.7 Å². The van der Waals surface area contributed by atoms with Crippen molar-refractivity contribution < 1.29 is 22.7 Å². The molecule has 2 rings (SSSR count). The first kappa shape index (κ1) is 15.2. The molecule has 0 atom stereocenters. The van der Waals surface area contributed by atoms with Crippen molar-refractivity contribution in [2.24, 2.45) is 0 Å². The quantitative estimate of drug-likeness (QED) is 0.811. The van der Waals surface area contributed by atoms with Gasteiger partial charge in [0.25, 0.3) is 6.43 Å². The van der Waals surface area contributed by atoms with Crippen LogP contribution in [0.3, 0.4) is 0 Å². The number of benzene rings is 1. The number of ether oxygens (including phenoxy) is 1. The Morgan fingerprint density at radius 3 is 2.67 bits per heavy atom. The fourth-order valence-corrected chi connectivity index (χ4v) is 1.85. The monoisotopic (exact) mass is 316 g/mol. The number of hydrogen-bond donors (Lipinski definition) is 0. The molecule has 0 aliphatic rings. The summed E-state index contributed by atoms with van der Waals surface area (Å²) in [6, 6.07) is 2.03. The SMILES string of the molecule is COC(=O)c1cncc(-c2c(C(F)F)ccc(Cl)c2F)n1. The number of alkyl halides is 2. The molecule has 0 saturated heterocycles. The number of carbonyl (C=O) groups excluding carboxylic acids is 1. The van der Waals surface area contributed by atoms with Crippen molar-refractivity contribution in [2.75, 3.05) is 7.11 Å². The van der Waals surface area contributed by atoms with Crippen molar-refractivity contribution in [1.82, 2.24) is 9.97 Å². The lowest BCUT2D eigenvalue weighted by Crippen LogP contribution is -2.07. The lowest BCUT2D eigenvalue weighted by Gasteiger charge is -2.11. The first-order chi connectivity index (χ1) is 9.95. The highest BCUT2D eigenvalue weighted by Crippen LogP contribution is 2.35. The predicted octanol–water partition coefficient (Wildman–Crippen LogP) is 3.66. The maximum absolute atomic E-state index is 14.1. The molecule has 1 aromatic carbocycles. The van der Waals surface area contributed by atoms with Crippen LogP contribution in [0.2, 0.25) is 5.02 Å². The zero-order chi connectivity index (χ0) is 15.6. The minimum atomic E-state index is -2.93. The largest absolute Gasteiger partial charge is 0.464 e. The number of hydrogen-bond acceptors (Lipinski definition) is 4. The Balaban J connectivity index is 2.66. The molecule has 110 valence electrons. The standard InChI is InChI=1S/C13H8ClF3N2O2/c1-21-13(20)9-5-18-4-8(19-9)10-6(12(16)17)2-3-7(14)11(10)15/h2-5,12H,1H3. The molecule has 2 aromatic rings. The van der Waals surface area contributed by atoms with Crippen LogP contribution in [0.15, 0.2) is 24.5 Å². The molecular weight excluding hydrogens is 309 g/mol. The van der Waals surface area contributed by atoms with E-state index in [0.29, 0.717) is 0 Å². The number of nitrogens with zero attached hydrogens (tertiary/aromatic N) is 2. The fraction of sp³-hybridized carbons (Fsp3) is 0.154. The Hall–Kier alpha value is -2.15.